The van der Waals surface area contributed by atoms with E-state index in [-0.39, 0.29) is 6.10 Å². The quantitative estimate of drug-likeness (QED) is 0.640. The Morgan fingerprint density at radius 3 is 2.55 bits per heavy atom. The average molecular weight is 278 g/mol. The summed E-state index contributed by atoms with van der Waals surface area (Å²) >= 11 is 0. The molecule has 1 fully saturated rings. The fourth-order valence-electron chi connectivity index (χ4n) is 3.08. The maximum atomic E-state index is 6.08. The lowest BCUT2D eigenvalue weighted by Gasteiger charge is -2.31. The van der Waals surface area contributed by atoms with Crippen molar-refractivity contribution in [3.05, 3.63) is 11.9 Å². The molecule has 1 aliphatic rings. The number of nitrogen functional groups attached to an aromatic ring is 1. The average Bonchev–Trinajstić information content (AvgIpc) is 2.37. The van der Waals surface area contributed by atoms with Crippen molar-refractivity contribution < 1.29 is 4.74 Å². The molecule has 112 valence electrons. The highest BCUT2D eigenvalue weighted by atomic mass is 16.5. The van der Waals surface area contributed by atoms with Crippen LogP contribution in [0.15, 0.2) is 6.07 Å². The van der Waals surface area contributed by atoms with Crippen molar-refractivity contribution >= 4 is 5.82 Å². The fraction of sp³-hybridized carbons (Fsp3) is 0.733. The molecule has 0 aliphatic heterocycles. The van der Waals surface area contributed by atoms with Crippen LogP contribution in [-0.2, 0) is 6.42 Å². The summed E-state index contributed by atoms with van der Waals surface area (Å²) in [5, 5.41) is 0. The molecule has 1 aliphatic carbocycles. The molecule has 0 radical (unpaired) electrons. The molecule has 5 heteroatoms. The molecule has 2 unspecified atom stereocenters. The number of hydrazine groups is 1. The molecule has 0 amide bonds. The summed E-state index contributed by atoms with van der Waals surface area (Å²) < 4.78 is 6.08. The van der Waals surface area contributed by atoms with E-state index in [0.717, 1.165) is 31.5 Å². The van der Waals surface area contributed by atoms with Gasteiger partial charge in [0.05, 0.1) is 0 Å². The van der Waals surface area contributed by atoms with E-state index < -0.39 is 0 Å². The summed E-state index contributed by atoms with van der Waals surface area (Å²) in [6.07, 6.45) is 5.59. The van der Waals surface area contributed by atoms with Gasteiger partial charge in [-0.1, -0.05) is 20.8 Å². The van der Waals surface area contributed by atoms with Crippen molar-refractivity contribution in [1.29, 1.82) is 0 Å². The number of hydrogen-bond donors (Lipinski definition) is 2. The zero-order valence-electron chi connectivity index (χ0n) is 12.7. The molecule has 1 heterocycles. The Hall–Kier alpha value is -1.36. The summed E-state index contributed by atoms with van der Waals surface area (Å²) in [5.41, 5.74) is 2.59. The topological polar surface area (TPSA) is 73.1 Å². The molecular weight excluding hydrogens is 252 g/mol. The number of nitrogens with zero attached hydrogens (tertiary/aromatic N) is 2. The molecule has 3 N–H and O–H groups in total. The fourth-order valence-corrected chi connectivity index (χ4v) is 3.08. The first-order valence-corrected chi connectivity index (χ1v) is 7.62. The lowest BCUT2D eigenvalue weighted by Crippen LogP contribution is -2.29. The number of aryl methyl sites for hydroxylation is 1. The van der Waals surface area contributed by atoms with Gasteiger partial charge in [-0.2, -0.15) is 4.98 Å². The first-order chi connectivity index (χ1) is 9.60. The van der Waals surface area contributed by atoms with E-state index in [1.807, 2.05) is 0 Å². The van der Waals surface area contributed by atoms with Crippen molar-refractivity contribution in [2.45, 2.75) is 59.0 Å². The van der Waals surface area contributed by atoms with Gasteiger partial charge in [0.15, 0.2) is 0 Å². The minimum Gasteiger partial charge on any atom is -0.474 e. The van der Waals surface area contributed by atoms with Crippen LogP contribution in [0.5, 0.6) is 5.88 Å². The Bertz CT molecular complexity index is 428. The molecule has 1 aromatic rings. The first kappa shape index (κ1) is 15.0. The van der Waals surface area contributed by atoms with Gasteiger partial charge in [-0.25, -0.2) is 10.8 Å². The molecule has 5 nitrogen and oxygen atoms in total. The minimum absolute atomic E-state index is 0.253. The van der Waals surface area contributed by atoms with Crippen molar-refractivity contribution in [2.75, 3.05) is 5.43 Å². The predicted molar refractivity (Wildman–Crippen MR) is 80.4 cm³/mol. The van der Waals surface area contributed by atoms with E-state index >= 15 is 0 Å². The number of anilines is 1. The standard InChI is InChI=1S/C15H26N4O/c1-4-5-13-17-14(19-16)9-15(18-13)20-12-7-10(2)6-11(3)8-12/h9-12H,4-8,16H2,1-3H3,(H,17,18,19). The second-order valence-corrected chi connectivity index (χ2v) is 6.06. The molecule has 0 bridgehead atoms. The summed E-state index contributed by atoms with van der Waals surface area (Å²) in [6.45, 7) is 6.69. The third-order valence-electron chi connectivity index (χ3n) is 3.79. The van der Waals surface area contributed by atoms with Crippen LogP contribution in [0.25, 0.3) is 0 Å². The van der Waals surface area contributed by atoms with Crippen molar-refractivity contribution in [3.8, 4) is 5.88 Å². The molecular formula is C15H26N4O. The molecule has 0 spiro atoms. The van der Waals surface area contributed by atoms with Gasteiger partial charge in [0, 0.05) is 12.5 Å². The van der Waals surface area contributed by atoms with Crippen molar-refractivity contribution in [3.63, 3.8) is 0 Å². The minimum atomic E-state index is 0.253. The maximum absolute atomic E-state index is 6.08. The van der Waals surface area contributed by atoms with Gasteiger partial charge in [0.2, 0.25) is 5.88 Å². The zero-order chi connectivity index (χ0) is 14.5. The van der Waals surface area contributed by atoms with E-state index in [9.17, 15) is 0 Å². The van der Waals surface area contributed by atoms with Gasteiger partial charge in [-0.15, -0.1) is 0 Å². The van der Waals surface area contributed by atoms with Crippen LogP contribution in [0, 0.1) is 11.8 Å². The summed E-state index contributed by atoms with van der Waals surface area (Å²) in [5.74, 6) is 8.95. The zero-order valence-corrected chi connectivity index (χ0v) is 12.7. The van der Waals surface area contributed by atoms with Gasteiger partial charge in [-0.05, 0) is 37.5 Å². The first-order valence-electron chi connectivity index (χ1n) is 7.62. The van der Waals surface area contributed by atoms with Crippen LogP contribution < -0.4 is 16.0 Å². The lowest BCUT2D eigenvalue weighted by atomic mass is 9.82. The molecule has 0 aromatic carbocycles. The largest absolute Gasteiger partial charge is 0.474 e. The molecule has 1 saturated carbocycles. The lowest BCUT2D eigenvalue weighted by molar-refractivity contribution is 0.0964. The Balaban J connectivity index is 2.09. The third kappa shape index (κ3) is 4.07. The van der Waals surface area contributed by atoms with Gasteiger partial charge in [-0.3, -0.25) is 0 Å². The molecule has 0 saturated heterocycles. The van der Waals surface area contributed by atoms with E-state index in [1.165, 1.54) is 6.42 Å². The number of hydrogen-bond acceptors (Lipinski definition) is 5. The summed E-state index contributed by atoms with van der Waals surface area (Å²) in [6, 6.07) is 1.78. The summed E-state index contributed by atoms with van der Waals surface area (Å²) in [7, 11) is 0. The highest BCUT2D eigenvalue weighted by molar-refractivity contribution is 5.37. The van der Waals surface area contributed by atoms with Crippen LogP contribution in [0.2, 0.25) is 0 Å². The highest BCUT2D eigenvalue weighted by Gasteiger charge is 2.25. The van der Waals surface area contributed by atoms with E-state index in [1.54, 1.807) is 6.07 Å². The van der Waals surface area contributed by atoms with Gasteiger partial charge in [0.1, 0.15) is 17.7 Å². The van der Waals surface area contributed by atoms with Crippen LogP contribution >= 0.6 is 0 Å². The smallest absolute Gasteiger partial charge is 0.219 e. The predicted octanol–water partition coefficient (Wildman–Crippen LogP) is 2.92. The molecule has 1 aromatic heterocycles. The highest BCUT2D eigenvalue weighted by Crippen LogP contribution is 2.31. The van der Waals surface area contributed by atoms with E-state index in [0.29, 0.717) is 23.5 Å². The number of nitrogens with two attached hydrogens (primary N) is 1. The Morgan fingerprint density at radius 1 is 1.25 bits per heavy atom. The van der Waals surface area contributed by atoms with E-state index in [4.69, 9.17) is 10.6 Å². The molecule has 2 rings (SSSR count). The van der Waals surface area contributed by atoms with Gasteiger partial charge in [0.25, 0.3) is 0 Å². The molecule has 2 atom stereocenters. The third-order valence-corrected chi connectivity index (χ3v) is 3.79. The second kappa shape index (κ2) is 6.88. The van der Waals surface area contributed by atoms with Crippen molar-refractivity contribution in [2.24, 2.45) is 17.7 Å². The maximum Gasteiger partial charge on any atom is 0.219 e. The molecule has 20 heavy (non-hydrogen) atoms. The normalized spacial score (nSPS) is 26.3. The second-order valence-electron chi connectivity index (χ2n) is 6.06. The van der Waals surface area contributed by atoms with Gasteiger partial charge >= 0.3 is 0 Å². The van der Waals surface area contributed by atoms with E-state index in [2.05, 4.69) is 36.2 Å². The summed E-state index contributed by atoms with van der Waals surface area (Å²) in [4.78, 5) is 8.82. The Morgan fingerprint density at radius 2 is 1.95 bits per heavy atom. The Labute approximate surface area is 121 Å². The SMILES string of the molecule is CCCc1nc(NN)cc(OC2CC(C)CC(C)C2)n1. The van der Waals surface area contributed by atoms with Crippen LogP contribution in [0.3, 0.4) is 0 Å². The number of rotatable bonds is 5. The van der Waals surface area contributed by atoms with Crippen LogP contribution in [0.4, 0.5) is 5.82 Å². The number of nitrogens with one attached hydrogen (secondary N) is 1. The Kier molecular flexibility index (Phi) is 5.17. The van der Waals surface area contributed by atoms with Gasteiger partial charge < -0.3 is 10.2 Å². The van der Waals surface area contributed by atoms with Crippen LogP contribution in [-0.4, -0.2) is 16.1 Å². The monoisotopic (exact) mass is 278 g/mol. The van der Waals surface area contributed by atoms with Crippen molar-refractivity contribution in [1.82, 2.24) is 9.97 Å². The van der Waals surface area contributed by atoms with Crippen LogP contribution in [0.1, 0.15) is 52.3 Å². The number of ether oxygens (including phenoxy) is 1. The number of aromatic nitrogens is 2.